The number of nitrogens with one attached hydrogen (secondary N) is 2. The molecule has 2 N–H and O–H groups in total. The van der Waals surface area contributed by atoms with Crippen molar-refractivity contribution in [3.05, 3.63) is 29.6 Å². The summed E-state index contributed by atoms with van der Waals surface area (Å²) in [5, 5.41) is 8.66. The molecule has 2 aromatic rings. The second kappa shape index (κ2) is 7.26. The average molecular weight is 333 g/mol. The van der Waals surface area contributed by atoms with Crippen LogP contribution in [0.1, 0.15) is 12.8 Å². The van der Waals surface area contributed by atoms with E-state index in [1.165, 1.54) is 29.1 Å². The molecule has 1 saturated carbocycles. The third-order valence-corrected chi connectivity index (χ3v) is 5.05. The van der Waals surface area contributed by atoms with E-state index >= 15 is 0 Å². The summed E-state index contributed by atoms with van der Waals surface area (Å²) < 4.78 is 0. The predicted octanol–water partition coefficient (Wildman–Crippen LogP) is 3.47. The Kier molecular flexibility index (Phi) is 5.12. The van der Waals surface area contributed by atoms with E-state index in [9.17, 15) is 4.79 Å². The average Bonchev–Trinajstić information content (AvgIpc) is 3.24. The van der Waals surface area contributed by atoms with E-state index in [1.807, 2.05) is 5.38 Å². The van der Waals surface area contributed by atoms with Crippen molar-refractivity contribution in [3.63, 3.8) is 0 Å². The molecule has 0 atom stereocenters. The molecule has 1 fully saturated rings. The van der Waals surface area contributed by atoms with E-state index in [2.05, 4.69) is 46.1 Å². The molecule has 0 spiro atoms. The number of benzene rings is 1. The Labute approximate surface area is 138 Å². The van der Waals surface area contributed by atoms with Crippen LogP contribution >= 0.6 is 23.1 Å². The first kappa shape index (κ1) is 15.5. The SMILES string of the molecule is CSc1ccc(-c2csc(NC(=O)CNCC3CC3)n2)cc1. The largest absolute Gasteiger partial charge is 0.308 e. The molecule has 6 heteroatoms. The zero-order valence-corrected chi connectivity index (χ0v) is 14.1. The van der Waals surface area contributed by atoms with Gasteiger partial charge in [-0.15, -0.1) is 23.1 Å². The minimum atomic E-state index is -0.0284. The van der Waals surface area contributed by atoms with Gasteiger partial charge in [-0.05, 0) is 43.7 Å². The van der Waals surface area contributed by atoms with Crippen LogP contribution < -0.4 is 10.6 Å². The van der Waals surface area contributed by atoms with Crippen molar-refractivity contribution >= 4 is 34.1 Å². The van der Waals surface area contributed by atoms with Crippen LogP contribution in [-0.2, 0) is 4.79 Å². The zero-order valence-electron chi connectivity index (χ0n) is 12.5. The number of hydrogen-bond donors (Lipinski definition) is 2. The summed E-state index contributed by atoms with van der Waals surface area (Å²) in [5.74, 6) is 0.753. The summed E-state index contributed by atoms with van der Waals surface area (Å²) in [4.78, 5) is 17.5. The minimum Gasteiger partial charge on any atom is -0.308 e. The van der Waals surface area contributed by atoms with E-state index in [-0.39, 0.29) is 5.91 Å². The number of amides is 1. The molecule has 1 aliphatic carbocycles. The molecule has 0 bridgehead atoms. The van der Waals surface area contributed by atoms with Crippen molar-refractivity contribution in [1.29, 1.82) is 0 Å². The maximum Gasteiger partial charge on any atom is 0.240 e. The van der Waals surface area contributed by atoms with Crippen LogP contribution in [-0.4, -0.2) is 30.2 Å². The third-order valence-electron chi connectivity index (χ3n) is 3.55. The van der Waals surface area contributed by atoms with Gasteiger partial charge in [0.2, 0.25) is 5.91 Å². The fourth-order valence-electron chi connectivity index (χ4n) is 2.10. The van der Waals surface area contributed by atoms with Gasteiger partial charge in [-0.2, -0.15) is 0 Å². The maximum atomic E-state index is 11.8. The molecule has 0 radical (unpaired) electrons. The van der Waals surface area contributed by atoms with Crippen LogP contribution in [0.5, 0.6) is 0 Å². The molecule has 0 aliphatic heterocycles. The Balaban J connectivity index is 1.54. The first-order chi connectivity index (χ1) is 10.7. The Morgan fingerprint density at radius 2 is 2.14 bits per heavy atom. The van der Waals surface area contributed by atoms with E-state index < -0.39 is 0 Å². The van der Waals surface area contributed by atoms with E-state index in [0.29, 0.717) is 11.7 Å². The van der Waals surface area contributed by atoms with Crippen molar-refractivity contribution in [2.75, 3.05) is 24.7 Å². The molecule has 1 aromatic carbocycles. The fourth-order valence-corrected chi connectivity index (χ4v) is 3.24. The van der Waals surface area contributed by atoms with E-state index in [4.69, 9.17) is 0 Å². The molecule has 1 amide bonds. The van der Waals surface area contributed by atoms with Crippen LogP contribution in [0, 0.1) is 5.92 Å². The molecule has 0 saturated heterocycles. The smallest absolute Gasteiger partial charge is 0.240 e. The normalized spacial score (nSPS) is 14.0. The highest BCUT2D eigenvalue weighted by molar-refractivity contribution is 7.98. The predicted molar refractivity (Wildman–Crippen MR) is 93.6 cm³/mol. The van der Waals surface area contributed by atoms with Gasteiger partial charge >= 0.3 is 0 Å². The molecule has 3 rings (SSSR count). The van der Waals surface area contributed by atoms with Gasteiger partial charge in [-0.1, -0.05) is 12.1 Å². The van der Waals surface area contributed by atoms with Crippen molar-refractivity contribution in [2.24, 2.45) is 5.92 Å². The molecular formula is C16H19N3OS2. The number of thiazole rings is 1. The van der Waals surface area contributed by atoms with Crippen LogP contribution in [0.15, 0.2) is 34.5 Å². The molecule has 0 unspecified atom stereocenters. The van der Waals surface area contributed by atoms with Crippen LogP contribution in [0.3, 0.4) is 0 Å². The highest BCUT2D eigenvalue weighted by Crippen LogP contribution is 2.28. The van der Waals surface area contributed by atoms with Crippen molar-refractivity contribution in [3.8, 4) is 11.3 Å². The number of nitrogens with zero attached hydrogens (tertiary/aromatic N) is 1. The molecule has 4 nitrogen and oxygen atoms in total. The number of anilines is 1. The van der Waals surface area contributed by atoms with Crippen LogP contribution in [0.25, 0.3) is 11.3 Å². The first-order valence-corrected chi connectivity index (χ1v) is 9.45. The first-order valence-electron chi connectivity index (χ1n) is 7.35. The molecular weight excluding hydrogens is 314 g/mol. The summed E-state index contributed by atoms with van der Waals surface area (Å²) >= 11 is 3.18. The summed E-state index contributed by atoms with van der Waals surface area (Å²) in [6.07, 6.45) is 4.64. The number of carbonyl (C=O) groups is 1. The fraction of sp³-hybridized carbons (Fsp3) is 0.375. The topological polar surface area (TPSA) is 54.0 Å². The van der Waals surface area contributed by atoms with E-state index in [0.717, 1.165) is 23.7 Å². The maximum absolute atomic E-state index is 11.8. The third kappa shape index (κ3) is 4.32. The van der Waals surface area contributed by atoms with Crippen molar-refractivity contribution in [2.45, 2.75) is 17.7 Å². The minimum absolute atomic E-state index is 0.0284. The van der Waals surface area contributed by atoms with Gasteiger partial charge in [0, 0.05) is 15.8 Å². The van der Waals surface area contributed by atoms with Gasteiger partial charge in [-0.3, -0.25) is 4.79 Å². The van der Waals surface area contributed by atoms with Crippen LogP contribution in [0.4, 0.5) is 5.13 Å². The van der Waals surface area contributed by atoms with E-state index in [1.54, 1.807) is 11.8 Å². The Hall–Kier alpha value is -1.37. The van der Waals surface area contributed by atoms with Gasteiger partial charge in [0.25, 0.3) is 0 Å². The molecule has 22 heavy (non-hydrogen) atoms. The van der Waals surface area contributed by atoms with Gasteiger partial charge in [0.15, 0.2) is 5.13 Å². The summed E-state index contributed by atoms with van der Waals surface area (Å²) in [7, 11) is 0. The number of aromatic nitrogens is 1. The summed E-state index contributed by atoms with van der Waals surface area (Å²) in [6.45, 7) is 1.30. The Morgan fingerprint density at radius 3 is 2.82 bits per heavy atom. The molecule has 116 valence electrons. The lowest BCUT2D eigenvalue weighted by Gasteiger charge is -2.03. The standard InChI is InChI=1S/C16H19N3OS2/c1-21-13-6-4-12(5-7-13)14-10-22-16(18-14)19-15(20)9-17-8-11-2-3-11/h4-7,10-11,17H,2-3,8-9H2,1H3,(H,18,19,20). The quantitative estimate of drug-likeness (QED) is 0.762. The zero-order chi connectivity index (χ0) is 15.4. The Bertz CT molecular complexity index is 635. The lowest BCUT2D eigenvalue weighted by molar-refractivity contribution is -0.115. The second-order valence-electron chi connectivity index (χ2n) is 5.39. The van der Waals surface area contributed by atoms with Crippen molar-refractivity contribution in [1.82, 2.24) is 10.3 Å². The number of rotatable bonds is 7. The highest BCUT2D eigenvalue weighted by Gasteiger charge is 2.20. The number of thioether (sulfide) groups is 1. The van der Waals surface area contributed by atoms with Crippen LogP contribution in [0.2, 0.25) is 0 Å². The summed E-state index contributed by atoms with van der Waals surface area (Å²) in [5.41, 5.74) is 1.97. The second-order valence-corrected chi connectivity index (χ2v) is 7.13. The Morgan fingerprint density at radius 1 is 1.36 bits per heavy atom. The lowest BCUT2D eigenvalue weighted by atomic mass is 10.2. The van der Waals surface area contributed by atoms with Gasteiger partial charge < -0.3 is 10.6 Å². The monoisotopic (exact) mass is 333 g/mol. The lowest BCUT2D eigenvalue weighted by Crippen LogP contribution is -2.29. The van der Waals surface area contributed by atoms with Crippen molar-refractivity contribution < 1.29 is 4.79 Å². The van der Waals surface area contributed by atoms with Gasteiger partial charge in [0.05, 0.1) is 12.2 Å². The molecule has 1 aliphatic rings. The molecule has 1 aromatic heterocycles. The number of carbonyl (C=O) groups excluding carboxylic acids is 1. The van der Waals surface area contributed by atoms with Gasteiger partial charge in [0.1, 0.15) is 0 Å². The molecule has 1 heterocycles. The highest BCUT2D eigenvalue weighted by atomic mass is 32.2. The van der Waals surface area contributed by atoms with Gasteiger partial charge in [-0.25, -0.2) is 4.98 Å². The summed E-state index contributed by atoms with van der Waals surface area (Å²) in [6, 6.07) is 8.28. The number of hydrogen-bond acceptors (Lipinski definition) is 5.